The summed E-state index contributed by atoms with van der Waals surface area (Å²) in [5, 5.41) is 9.56. The van der Waals surface area contributed by atoms with E-state index in [4.69, 9.17) is 10.3 Å². The predicted octanol–water partition coefficient (Wildman–Crippen LogP) is 1.65. The van der Waals surface area contributed by atoms with E-state index < -0.39 is 5.78 Å². The number of Topliss-reactive ketones (excluding diaryl/α,β-unsaturated/α-hetero) is 1. The highest BCUT2D eigenvalue weighted by molar-refractivity contribution is 9.10. The monoisotopic (exact) mass is 270 g/mol. The van der Waals surface area contributed by atoms with Crippen molar-refractivity contribution in [2.45, 2.75) is 0 Å². The van der Waals surface area contributed by atoms with Gasteiger partial charge in [0, 0.05) is 5.56 Å². The molecule has 1 aromatic rings. The lowest BCUT2D eigenvalue weighted by Crippen LogP contribution is -2.02. The topological polar surface area (TPSA) is 82.9 Å². The van der Waals surface area contributed by atoms with Crippen molar-refractivity contribution in [3.05, 3.63) is 27.7 Å². The van der Waals surface area contributed by atoms with Crippen LogP contribution in [0.3, 0.4) is 0 Å². The van der Waals surface area contributed by atoms with Crippen molar-refractivity contribution in [2.24, 2.45) is 0 Å². The highest BCUT2D eigenvalue weighted by atomic mass is 79.9. The fourth-order valence-corrected chi connectivity index (χ4v) is 1.55. The summed E-state index contributed by atoms with van der Waals surface area (Å²) in [6.07, 6.45) is 0.742. The first kappa shape index (κ1) is 11.4. The zero-order valence-electron chi connectivity index (χ0n) is 7.77. The van der Waals surface area contributed by atoms with Gasteiger partial charge in [0.1, 0.15) is 0 Å². The molecule has 0 heterocycles. The van der Waals surface area contributed by atoms with E-state index >= 15 is 0 Å². The fraction of sp³-hybridized carbons (Fsp3) is 0.111. The molecule has 0 aliphatic carbocycles. The normalized spacial score (nSPS) is 9.20. The van der Waals surface area contributed by atoms with Gasteiger partial charge in [-0.05, 0) is 28.1 Å². The van der Waals surface area contributed by atoms with Crippen molar-refractivity contribution in [1.82, 2.24) is 0 Å². The van der Waals surface area contributed by atoms with E-state index in [-0.39, 0.29) is 21.5 Å². The van der Waals surface area contributed by atoms with Crippen LogP contribution in [0.5, 0.6) is 11.5 Å². The van der Waals surface area contributed by atoms with Crippen molar-refractivity contribution < 1.29 is 19.4 Å². The van der Waals surface area contributed by atoms with Crippen LogP contribution < -0.4 is 4.74 Å². The van der Waals surface area contributed by atoms with E-state index in [9.17, 15) is 9.90 Å². The molecule has 0 fully saturated rings. The summed E-state index contributed by atoms with van der Waals surface area (Å²) in [5.41, 5.74) is 8.39. The van der Waals surface area contributed by atoms with Crippen LogP contribution in [0, 0.1) is 0 Å². The summed E-state index contributed by atoms with van der Waals surface area (Å²) in [5.74, 6) is -0.448. The highest BCUT2D eigenvalue weighted by Gasteiger charge is 2.17. The first-order valence-corrected chi connectivity index (χ1v) is 4.68. The van der Waals surface area contributed by atoms with Crippen LogP contribution in [0.15, 0.2) is 16.6 Å². The van der Waals surface area contributed by atoms with Gasteiger partial charge in [0.05, 0.1) is 11.6 Å². The smallest absolute Gasteiger partial charge is 0.328 e. The number of methoxy groups -OCH3 is 1. The van der Waals surface area contributed by atoms with E-state index in [2.05, 4.69) is 20.7 Å². The molecule has 78 valence electrons. The van der Waals surface area contributed by atoms with Gasteiger partial charge in [0.2, 0.25) is 0 Å². The second kappa shape index (κ2) is 4.72. The molecule has 0 saturated heterocycles. The minimum atomic E-state index is -0.526. The predicted molar refractivity (Wildman–Crippen MR) is 56.4 cm³/mol. The number of hydrogen-bond acceptors (Lipinski definition) is 3. The van der Waals surface area contributed by atoms with Crippen LogP contribution in [0.2, 0.25) is 0 Å². The van der Waals surface area contributed by atoms with Crippen molar-refractivity contribution in [3.63, 3.8) is 0 Å². The molecule has 5 nitrogen and oxygen atoms in total. The van der Waals surface area contributed by atoms with Crippen molar-refractivity contribution >= 4 is 27.9 Å². The molecule has 0 radical (unpaired) electrons. The lowest BCUT2D eigenvalue weighted by molar-refractivity contribution is 0.00234. The number of phenolic OH excluding ortho intramolecular Hbond substituents is 1. The maximum absolute atomic E-state index is 11.3. The van der Waals surface area contributed by atoms with Crippen molar-refractivity contribution in [2.75, 3.05) is 7.11 Å². The summed E-state index contributed by atoms with van der Waals surface area (Å²) in [6, 6.07) is 2.89. The van der Waals surface area contributed by atoms with Crippen LogP contribution in [-0.2, 0) is 0 Å². The largest absolute Gasteiger partial charge is 0.503 e. The number of carbonyl (C=O) groups excluding carboxylic acids is 1. The number of hydrogen-bond donors (Lipinski definition) is 1. The second-order valence-corrected chi connectivity index (χ2v) is 3.38. The summed E-state index contributed by atoms with van der Waals surface area (Å²) >= 11 is 3.05. The third-order valence-electron chi connectivity index (χ3n) is 1.74. The van der Waals surface area contributed by atoms with Gasteiger partial charge >= 0.3 is 6.21 Å². The number of benzene rings is 1. The molecule has 1 aromatic carbocycles. The van der Waals surface area contributed by atoms with Crippen LogP contribution in [0.4, 0.5) is 0 Å². The van der Waals surface area contributed by atoms with Crippen LogP contribution in [-0.4, -0.2) is 29.0 Å². The van der Waals surface area contributed by atoms with E-state index in [0.717, 1.165) is 6.21 Å². The zero-order valence-corrected chi connectivity index (χ0v) is 9.35. The van der Waals surface area contributed by atoms with Gasteiger partial charge in [0.25, 0.3) is 5.78 Å². The Morgan fingerprint density at radius 2 is 2.33 bits per heavy atom. The number of phenols is 1. The Hall–Kier alpha value is -1.65. The van der Waals surface area contributed by atoms with E-state index in [1.54, 1.807) is 0 Å². The molecule has 0 aromatic heterocycles. The quantitative estimate of drug-likeness (QED) is 0.392. The van der Waals surface area contributed by atoms with Crippen LogP contribution in [0.1, 0.15) is 10.4 Å². The molecule has 0 unspecified atom stereocenters. The van der Waals surface area contributed by atoms with Gasteiger partial charge in [-0.3, -0.25) is 4.79 Å². The maximum Gasteiger partial charge on any atom is 0.328 e. The molecule has 0 aliphatic rings. The number of nitrogens with zero attached hydrogens (tertiary/aromatic N) is 2. The highest BCUT2D eigenvalue weighted by Crippen LogP contribution is 2.36. The molecular weight excluding hydrogens is 264 g/mol. The number of carbonyl (C=O) groups is 1. The molecule has 0 spiro atoms. The number of aromatic hydroxyl groups is 1. The van der Waals surface area contributed by atoms with Gasteiger partial charge in [-0.25, -0.2) is 0 Å². The molecule has 0 amide bonds. The van der Waals surface area contributed by atoms with E-state index in [1.807, 2.05) is 0 Å². The molecule has 0 aliphatic heterocycles. The first-order chi connectivity index (χ1) is 7.11. The van der Waals surface area contributed by atoms with Gasteiger partial charge in [-0.1, -0.05) is 0 Å². The zero-order chi connectivity index (χ0) is 11.4. The summed E-state index contributed by atoms with van der Waals surface area (Å²) < 4.78 is 5.05. The number of ether oxygens (including phenoxy) is 1. The summed E-state index contributed by atoms with van der Waals surface area (Å²) in [6.45, 7) is 0. The third-order valence-corrected chi connectivity index (χ3v) is 2.54. The molecular formula is C9H7BrN2O3. The summed E-state index contributed by atoms with van der Waals surface area (Å²) in [4.78, 5) is 13.9. The van der Waals surface area contributed by atoms with Crippen molar-refractivity contribution in [1.29, 1.82) is 0 Å². The van der Waals surface area contributed by atoms with Crippen molar-refractivity contribution in [3.8, 4) is 11.5 Å². The molecule has 15 heavy (non-hydrogen) atoms. The average molecular weight is 271 g/mol. The molecule has 0 atom stereocenters. The van der Waals surface area contributed by atoms with E-state index in [1.165, 1.54) is 19.2 Å². The van der Waals surface area contributed by atoms with Gasteiger partial charge in [-0.15, -0.1) is 0 Å². The molecule has 0 saturated carbocycles. The Bertz CT molecular complexity index is 453. The Morgan fingerprint density at radius 3 is 2.87 bits per heavy atom. The van der Waals surface area contributed by atoms with Crippen LogP contribution in [0.25, 0.3) is 5.53 Å². The lowest BCUT2D eigenvalue weighted by atomic mass is 10.1. The van der Waals surface area contributed by atoms with Gasteiger partial charge in [0.15, 0.2) is 11.5 Å². The average Bonchev–Trinajstić information content (AvgIpc) is 2.22. The standard InChI is InChI=1S/C9H7BrN2O3/c1-15-7-3-2-5(6(13)4-12-11)8(10)9(7)14/h2-4,14H,1H3. The Balaban J connectivity index is 3.29. The fourth-order valence-electron chi connectivity index (χ4n) is 1.02. The molecule has 1 N–H and O–H groups in total. The molecule has 0 bridgehead atoms. The second-order valence-electron chi connectivity index (χ2n) is 2.59. The Labute approximate surface area is 94.0 Å². The number of rotatable bonds is 3. The lowest BCUT2D eigenvalue weighted by Gasteiger charge is -2.06. The minimum Gasteiger partial charge on any atom is -0.503 e. The Morgan fingerprint density at radius 1 is 1.67 bits per heavy atom. The van der Waals surface area contributed by atoms with Gasteiger partial charge < -0.3 is 15.4 Å². The van der Waals surface area contributed by atoms with Crippen LogP contribution >= 0.6 is 15.9 Å². The molecule has 1 rings (SSSR count). The Kier molecular flexibility index (Phi) is 3.60. The first-order valence-electron chi connectivity index (χ1n) is 3.89. The summed E-state index contributed by atoms with van der Waals surface area (Å²) in [7, 11) is 1.40. The molecule has 6 heteroatoms. The van der Waals surface area contributed by atoms with E-state index in [0.29, 0.717) is 0 Å². The number of ketones is 1. The minimum absolute atomic E-state index is 0.172. The maximum atomic E-state index is 11.3. The SMILES string of the molecule is COc1ccc(C(=O)C=[N+]=[N-])c(Br)c1O. The third kappa shape index (κ3) is 2.23. The number of halogens is 1. The van der Waals surface area contributed by atoms with Gasteiger partial charge in [-0.2, -0.15) is 4.79 Å².